The molecule has 0 saturated heterocycles. The molecule has 0 aliphatic heterocycles. The Labute approximate surface area is 130 Å². The maximum Gasteiger partial charge on any atom is 0.169 e. The van der Waals surface area contributed by atoms with Crippen LogP contribution in [0.3, 0.4) is 0 Å². The number of rotatable bonds is 6. The van der Waals surface area contributed by atoms with Gasteiger partial charge >= 0.3 is 0 Å². The van der Waals surface area contributed by atoms with E-state index in [-0.39, 0.29) is 0 Å². The summed E-state index contributed by atoms with van der Waals surface area (Å²) >= 11 is 6.20. The average molecular weight is 307 g/mol. The summed E-state index contributed by atoms with van der Waals surface area (Å²) in [5.41, 5.74) is 0.753. The van der Waals surface area contributed by atoms with Crippen molar-refractivity contribution in [2.24, 2.45) is 0 Å². The Bertz CT molecular complexity index is 596. The summed E-state index contributed by atoms with van der Waals surface area (Å²) in [6.07, 6.45) is 0.370. The number of halogens is 1. The number of aliphatic hydroxyl groups excluding tert-OH is 1. The Morgan fingerprint density at radius 1 is 1.10 bits per heavy atom. The molecule has 0 saturated carbocycles. The summed E-state index contributed by atoms with van der Waals surface area (Å²) in [6.45, 7) is 4.38. The number of hydrogen-bond acceptors (Lipinski definition) is 3. The van der Waals surface area contributed by atoms with Gasteiger partial charge in [-0.15, -0.1) is 0 Å². The van der Waals surface area contributed by atoms with E-state index in [9.17, 15) is 5.11 Å². The Balaban J connectivity index is 2.22. The molecule has 4 heteroatoms. The van der Waals surface area contributed by atoms with Crippen molar-refractivity contribution in [3.05, 3.63) is 53.1 Å². The number of aliphatic hydroxyl groups is 1. The van der Waals surface area contributed by atoms with E-state index in [4.69, 9.17) is 21.1 Å². The van der Waals surface area contributed by atoms with Crippen LogP contribution >= 0.6 is 11.6 Å². The van der Waals surface area contributed by atoms with Gasteiger partial charge in [0, 0.05) is 0 Å². The first-order valence-electron chi connectivity index (χ1n) is 6.99. The second-order valence-corrected chi connectivity index (χ2v) is 5.17. The van der Waals surface area contributed by atoms with Crippen molar-refractivity contribution in [1.82, 2.24) is 0 Å². The maximum absolute atomic E-state index is 9.55. The van der Waals surface area contributed by atoms with Crippen molar-refractivity contribution in [1.29, 1.82) is 0 Å². The number of ether oxygens (including phenoxy) is 2. The van der Waals surface area contributed by atoms with Gasteiger partial charge < -0.3 is 14.6 Å². The highest BCUT2D eigenvalue weighted by Gasteiger charge is 2.10. The Morgan fingerprint density at radius 3 is 2.43 bits per heavy atom. The van der Waals surface area contributed by atoms with Gasteiger partial charge in [-0.1, -0.05) is 36.7 Å². The fourth-order valence-electron chi connectivity index (χ4n) is 1.84. The summed E-state index contributed by atoms with van der Waals surface area (Å²) in [4.78, 5) is 0. The van der Waals surface area contributed by atoms with E-state index in [0.717, 1.165) is 12.0 Å². The molecular formula is C17H19ClO3. The van der Waals surface area contributed by atoms with Crippen molar-refractivity contribution in [3.63, 3.8) is 0 Å². The standard InChI is InChI=1S/C17H19ClO3/c1-3-10-20-16-6-4-5-7-17(16)21-15-9-8-13(12(2)19)11-14(15)18/h4-9,11-12,19H,3,10H2,1-2H3/t12-/m0/s1. The Hall–Kier alpha value is -1.71. The quantitative estimate of drug-likeness (QED) is 0.818. The van der Waals surface area contributed by atoms with Gasteiger partial charge in [-0.2, -0.15) is 0 Å². The second-order valence-electron chi connectivity index (χ2n) is 4.76. The first-order chi connectivity index (χ1) is 10.1. The molecule has 0 aliphatic carbocycles. The van der Waals surface area contributed by atoms with Gasteiger partial charge in [0.05, 0.1) is 17.7 Å². The zero-order valence-corrected chi connectivity index (χ0v) is 12.9. The van der Waals surface area contributed by atoms with Gasteiger partial charge in [0.1, 0.15) is 5.75 Å². The summed E-state index contributed by atoms with van der Waals surface area (Å²) in [5, 5.41) is 10.0. The molecule has 0 radical (unpaired) electrons. The van der Waals surface area contributed by atoms with Crippen LogP contribution in [0.4, 0.5) is 0 Å². The molecule has 0 amide bonds. The number of hydrogen-bond donors (Lipinski definition) is 1. The Morgan fingerprint density at radius 2 is 1.81 bits per heavy atom. The molecule has 0 bridgehead atoms. The largest absolute Gasteiger partial charge is 0.490 e. The predicted molar refractivity (Wildman–Crippen MR) is 84.4 cm³/mol. The van der Waals surface area contributed by atoms with Crippen LogP contribution in [0.15, 0.2) is 42.5 Å². The van der Waals surface area contributed by atoms with Crippen LogP contribution in [0.2, 0.25) is 5.02 Å². The molecule has 21 heavy (non-hydrogen) atoms. The second kappa shape index (κ2) is 7.34. The van der Waals surface area contributed by atoms with Gasteiger partial charge in [-0.05, 0) is 43.2 Å². The maximum atomic E-state index is 9.55. The monoisotopic (exact) mass is 306 g/mol. The van der Waals surface area contributed by atoms with Gasteiger partial charge in [-0.25, -0.2) is 0 Å². The van der Waals surface area contributed by atoms with E-state index in [2.05, 4.69) is 6.92 Å². The van der Waals surface area contributed by atoms with E-state index >= 15 is 0 Å². The molecule has 2 rings (SSSR count). The lowest BCUT2D eigenvalue weighted by molar-refractivity contribution is 0.199. The lowest BCUT2D eigenvalue weighted by atomic mass is 10.1. The molecule has 0 spiro atoms. The SMILES string of the molecule is CCCOc1ccccc1Oc1ccc([C@H](C)O)cc1Cl. The van der Waals surface area contributed by atoms with Crippen LogP contribution in [0.1, 0.15) is 31.9 Å². The molecule has 0 aliphatic rings. The van der Waals surface area contributed by atoms with Gasteiger partial charge in [0.2, 0.25) is 0 Å². The molecular weight excluding hydrogens is 288 g/mol. The van der Waals surface area contributed by atoms with E-state index in [1.165, 1.54) is 0 Å². The minimum absolute atomic E-state index is 0.457. The third-order valence-electron chi connectivity index (χ3n) is 2.97. The molecule has 1 N–H and O–H groups in total. The molecule has 0 unspecified atom stereocenters. The fraction of sp³-hybridized carbons (Fsp3) is 0.294. The molecule has 112 valence electrons. The van der Waals surface area contributed by atoms with Crippen molar-refractivity contribution < 1.29 is 14.6 Å². The summed E-state index contributed by atoms with van der Waals surface area (Å²) in [5.74, 6) is 1.85. The van der Waals surface area contributed by atoms with E-state index in [1.54, 1.807) is 25.1 Å². The molecule has 0 fully saturated rings. The fourth-order valence-corrected chi connectivity index (χ4v) is 2.07. The highest BCUT2D eigenvalue weighted by Crippen LogP contribution is 2.36. The normalized spacial score (nSPS) is 12.0. The van der Waals surface area contributed by atoms with Crippen LogP contribution in [0.5, 0.6) is 17.2 Å². The van der Waals surface area contributed by atoms with Crippen molar-refractivity contribution in [2.75, 3.05) is 6.61 Å². The number of para-hydroxylation sites is 2. The zero-order chi connectivity index (χ0) is 15.2. The van der Waals surface area contributed by atoms with Gasteiger partial charge in [-0.3, -0.25) is 0 Å². The van der Waals surface area contributed by atoms with E-state index in [0.29, 0.717) is 28.9 Å². The minimum atomic E-state index is -0.559. The van der Waals surface area contributed by atoms with Crippen molar-refractivity contribution in [2.45, 2.75) is 26.4 Å². The van der Waals surface area contributed by atoms with E-state index < -0.39 is 6.10 Å². The number of benzene rings is 2. The topological polar surface area (TPSA) is 38.7 Å². The predicted octanol–water partition coefficient (Wildman–Crippen LogP) is 4.97. The van der Waals surface area contributed by atoms with Gasteiger partial charge in [0.25, 0.3) is 0 Å². The molecule has 0 aromatic heterocycles. The van der Waals surface area contributed by atoms with Crippen molar-refractivity contribution in [3.8, 4) is 17.2 Å². The first-order valence-corrected chi connectivity index (χ1v) is 7.36. The van der Waals surface area contributed by atoms with Crippen molar-refractivity contribution >= 4 is 11.6 Å². The molecule has 1 atom stereocenters. The lowest BCUT2D eigenvalue weighted by Crippen LogP contribution is -1.98. The molecule has 0 heterocycles. The highest BCUT2D eigenvalue weighted by atomic mass is 35.5. The third kappa shape index (κ3) is 4.13. The summed E-state index contributed by atoms with van der Waals surface area (Å²) in [7, 11) is 0. The summed E-state index contributed by atoms with van der Waals surface area (Å²) < 4.78 is 11.5. The smallest absolute Gasteiger partial charge is 0.169 e. The van der Waals surface area contributed by atoms with E-state index in [1.807, 2.05) is 24.3 Å². The van der Waals surface area contributed by atoms with Crippen LogP contribution in [-0.2, 0) is 0 Å². The van der Waals surface area contributed by atoms with Crippen LogP contribution in [0.25, 0.3) is 0 Å². The highest BCUT2D eigenvalue weighted by molar-refractivity contribution is 6.32. The molecule has 2 aromatic rings. The molecule has 3 nitrogen and oxygen atoms in total. The van der Waals surface area contributed by atoms with Gasteiger partial charge in [0.15, 0.2) is 11.5 Å². The lowest BCUT2D eigenvalue weighted by Gasteiger charge is -2.14. The minimum Gasteiger partial charge on any atom is -0.490 e. The molecule has 2 aromatic carbocycles. The van der Waals surface area contributed by atoms with Crippen LogP contribution < -0.4 is 9.47 Å². The zero-order valence-electron chi connectivity index (χ0n) is 12.2. The average Bonchev–Trinajstić information content (AvgIpc) is 2.48. The Kier molecular flexibility index (Phi) is 5.48. The third-order valence-corrected chi connectivity index (χ3v) is 3.26. The van der Waals surface area contributed by atoms with Crippen LogP contribution in [0, 0.1) is 0 Å². The van der Waals surface area contributed by atoms with Crippen LogP contribution in [-0.4, -0.2) is 11.7 Å². The summed E-state index contributed by atoms with van der Waals surface area (Å²) in [6, 6.07) is 12.7. The first kappa shape index (κ1) is 15.7.